The average Bonchev–Trinajstić information content (AvgIpc) is 3.02. The van der Waals surface area contributed by atoms with Gasteiger partial charge in [-0.15, -0.1) is 16.8 Å². The monoisotopic (exact) mass is 437 g/mol. The van der Waals surface area contributed by atoms with Crippen molar-refractivity contribution in [3.8, 4) is 11.4 Å². The van der Waals surface area contributed by atoms with E-state index in [1.807, 2.05) is 35.8 Å². The maximum atomic E-state index is 11.9. The Morgan fingerprint density at radius 1 is 1.31 bits per heavy atom. The van der Waals surface area contributed by atoms with Gasteiger partial charge in [-0.3, -0.25) is 14.7 Å². The van der Waals surface area contributed by atoms with Crippen molar-refractivity contribution in [2.24, 2.45) is 0 Å². The van der Waals surface area contributed by atoms with Gasteiger partial charge in [-0.2, -0.15) is 0 Å². The van der Waals surface area contributed by atoms with E-state index in [0.29, 0.717) is 24.1 Å². The van der Waals surface area contributed by atoms with E-state index >= 15 is 0 Å². The largest absolute Gasteiger partial charge is 0.338 e. The van der Waals surface area contributed by atoms with Crippen LogP contribution in [0.4, 0.5) is 4.79 Å². The molecule has 3 amide bonds. The number of benzene rings is 1. The lowest BCUT2D eigenvalue weighted by atomic mass is 10.2. The van der Waals surface area contributed by atoms with E-state index in [1.54, 1.807) is 6.08 Å². The Bertz CT molecular complexity index is 776. The Balaban J connectivity index is 2.05. The minimum atomic E-state index is -0.486. The summed E-state index contributed by atoms with van der Waals surface area (Å²) >= 11 is 4.63. The molecule has 2 N–H and O–H groups in total. The molecule has 0 unspecified atom stereocenters. The van der Waals surface area contributed by atoms with Gasteiger partial charge in [-0.25, -0.2) is 4.79 Å². The molecule has 0 aliphatic rings. The number of carbonyl (C=O) groups is 2. The summed E-state index contributed by atoms with van der Waals surface area (Å²) in [6.45, 7) is 6.74. The van der Waals surface area contributed by atoms with Crippen LogP contribution in [-0.2, 0) is 11.3 Å². The first-order chi connectivity index (χ1) is 12.5. The average molecular weight is 438 g/mol. The lowest BCUT2D eigenvalue weighted by Gasteiger charge is -2.08. The Morgan fingerprint density at radius 3 is 2.69 bits per heavy atom. The molecular formula is C17H20BrN5O2S. The first-order valence-corrected chi connectivity index (χ1v) is 9.83. The van der Waals surface area contributed by atoms with Gasteiger partial charge in [0.05, 0.1) is 5.75 Å². The molecule has 0 saturated heterocycles. The molecule has 0 saturated carbocycles. The van der Waals surface area contributed by atoms with E-state index in [4.69, 9.17) is 0 Å². The molecule has 2 rings (SSSR count). The molecule has 0 bridgehead atoms. The van der Waals surface area contributed by atoms with Gasteiger partial charge in [0.25, 0.3) is 0 Å². The summed E-state index contributed by atoms with van der Waals surface area (Å²) in [5, 5.41) is 13.9. The second kappa shape index (κ2) is 10.1. The van der Waals surface area contributed by atoms with Crippen molar-refractivity contribution in [2.45, 2.75) is 25.0 Å². The summed E-state index contributed by atoms with van der Waals surface area (Å²) in [5.74, 6) is 0.373. The smallest absolute Gasteiger partial charge is 0.321 e. The molecule has 0 aliphatic heterocycles. The lowest BCUT2D eigenvalue weighted by molar-refractivity contribution is -0.117. The summed E-state index contributed by atoms with van der Waals surface area (Å²) in [6, 6.07) is 7.25. The SMILES string of the molecule is C=CCn1c(SCC(=O)NC(=O)NCCC)nnc1-c1ccc(Br)cc1. The number of hydrogen-bond acceptors (Lipinski definition) is 5. The molecule has 138 valence electrons. The number of amides is 3. The highest BCUT2D eigenvalue weighted by Crippen LogP contribution is 2.25. The summed E-state index contributed by atoms with van der Waals surface area (Å²) in [4.78, 5) is 23.4. The molecular weight excluding hydrogens is 418 g/mol. The zero-order chi connectivity index (χ0) is 18.9. The molecule has 0 aliphatic carbocycles. The molecule has 1 aromatic carbocycles. The molecule has 0 fully saturated rings. The van der Waals surface area contributed by atoms with Crippen LogP contribution in [0, 0.1) is 0 Å². The van der Waals surface area contributed by atoms with Gasteiger partial charge in [-0.1, -0.05) is 52.8 Å². The van der Waals surface area contributed by atoms with Crippen molar-refractivity contribution in [3.05, 3.63) is 41.4 Å². The zero-order valence-corrected chi connectivity index (χ0v) is 16.8. The van der Waals surface area contributed by atoms with Gasteiger partial charge in [0.2, 0.25) is 5.91 Å². The summed E-state index contributed by atoms with van der Waals surface area (Å²) < 4.78 is 2.86. The van der Waals surface area contributed by atoms with E-state index in [1.165, 1.54) is 11.8 Å². The van der Waals surface area contributed by atoms with Crippen LogP contribution >= 0.6 is 27.7 Å². The fourth-order valence-corrected chi connectivity index (χ4v) is 3.09. The topological polar surface area (TPSA) is 88.9 Å². The molecule has 0 atom stereocenters. The maximum absolute atomic E-state index is 11.9. The van der Waals surface area contributed by atoms with Crippen molar-refractivity contribution in [2.75, 3.05) is 12.3 Å². The van der Waals surface area contributed by atoms with Crippen molar-refractivity contribution < 1.29 is 9.59 Å². The van der Waals surface area contributed by atoms with Gasteiger partial charge in [0.1, 0.15) is 0 Å². The number of rotatable bonds is 8. The quantitative estimate of drug-likeness (QED) is 0.488. The zero-order valence-electron chi connectivity index (χ0n) is 14.4. The van der Waals surface area contributed by atoms with Crippen LogP contribution < -0.4 is 10.6 Å². The number of carbonyl (C=O) groups excluding carboxylic acids is 2. The van der Waals surface area contributed by atoms with Crippen LogP contribution in [0.3, 0.4) is 0 Å². The second-order valence-corrected chi connectivity index (χ2v) is 7.16. The summed E-state index contributed by atoms with van der Waals surface area (Å²) in [6.07, 6.45) is 2.55. The fourth-order valence-electron chi connectivity index (χ4n) is 2.08. The number of aromatic nitrogens is 3. The molecule has 26 heavy (non-hydrogen) atoms. The molecule has 7 nitrogen and oxygen atoms in total. The van der Waals surface area contributed by atoms with Gasteiger partial charge in [0.15, 0.2) is 11.0 Å². The lowest BCUT2D eigenvalue weighted by Crippen LogP contribution is -2.40. The number of allylic oxidation sites excluding steroid dienone is 1. The third-order valence-electron chi connectivity index (χ3n) is 3.25. The predicted octanol–water partition coefficient (Wildman–Crippen LogP) is 3.22. The number of imide groups is 1. The minimum absolute atomic E-state index is 0.0646. The first-order valence-electron chi connectivity index (χ1n) is 8.05. The Kier molecular flexibility index (Phi) is 7.86. The van der Waals surface area contributed by atoms with Crippen molar-refractivity contribution >= 4 is 39.6 Å². The number of hydrogen-bond donors (Lipinski definition) is 2. The first kappa shape index (κ1) is 20.2. The number of nitrogens with zero attached hydrogens (tertiary/aromatic N) is 3. The van der Waals surface area contributed by atoms with E-state index < -0.39 is 6.03 Å². The van der Waals surface area contributed by atoms with Crippen molar-refractivity contribution in [3.63, 3.8) is 0 Å². The van der Waals surface area contributed by atoms with Crippen molar-refractivity contribution in [1.82, 2.24) is 25.4 Å². The number of nitrogens with one attached hydrogen (secondary N) is 2. The molecule has 9 heteroatoms. The third kappa shape index (κ3) is 5.70. The second-order valence-electron chi connectivity index (χ2n) is 5.31. The highest BCUT2D eigenvalue weighted by atomic mass is 79.9. The normalized spacial score (nSPS) is 10.4. The van der Waals surface area contributed by atoms with Crippen molar-refractivity contribution in [1.29, 1.82) is 0 Å². The van der Waals surface area contributed by atoms with E-state index in [0.717, 1.165) is 16.5 Å². The van der Waals surface area contributed by atoms with E-state index in [2.05, 4.69) is 43.3 Å². The maximum Gasteiger partial charge on any atom is 0.321 e. The summed E-state index contributed by atoms with van der Waals surface area (Å²) in [7, 11) is 0. The van der Waals surface area contributed by atoms with Gasteiger partial charge >= 0.3 is 6.03 Å². The molecule has 0 radical (unpaired) electrons. The number of thioether (sulfide) groups is 1. The van der Waals surface area contributed by atoms with Crippen LogP contribution in [0.5, 0.6) is 0 Å². The minimum Gasteiger partial charge on any atom is -0.338 e. The summed E-state index contributed by atoms with van der Waals surface area (Å²) in [5.41, 5.74) is 0.915. The van der Waals surface area contributed by atoms with Crippen LogP contribution in [-0.4, -0.2) is 39.0 Å². The Morgan fingerprint density at radius 2 is 2.04 bits per heavy atom. The number of urea groups is 1. The molecule has 2 aromatic rings. The van der Waals surface area contributed by atoms with Crippen LogP contribution in [0.25, 0.3) is 11.4 Å². The fraction of sp³-hybridized carbons (Fsp3) is 0.294. The predicted molar refractivity (Wildman–Crippen MR) is 106 cm³/mol. The Labute approximate surface area is 164 Å². The Hall–Kier alpha value is -2.13. The molecule has 0 spiro atoms. The molecule has 1 heterocycles. The van der Waals surface area contributed by atoms with Crippen LogP contribution in [0.15, 0.2) is 46.5 Å². The van der Waals surface area contributed by atoms with Gasteiger partial charge in [0, 0.05) is 23.1 Å². The molecule has 1 aromatic heterocycles. The standard InChI is InChI=1S/C17H20BrN5O2S/c1-3-9-19-16(25)20-14(24)11-26-17-22-21-15(23(17)10-4-2)12-5-7-13(18)8-6-12/h4-8H,2-3,9-11H2,1H3,(H2,19,20,24,25). The van der Waals surface area contributed by atoms with Gasteiger partial charge in [-0.05, 0) is 18.6 Å². The van der Waals surface area contributed by atoms with E-state index in [9.17, 15) is 9.59 Å². The highest BCUT2D eigenvalue weighted by Gasteiger charge is 2.15. The van der Waals surface area contributed by atoms with E-state index in [-0.39, 0.29) is 11.7 Å². The van der Waals surface area contributed by atoms with Crippen LogP contribution in [0.2, 0.25) is 0 Å². The highest BCUT2D eigenvalue weighted by molar-refractivity contribution is 9.10. The van der Waals surface area contributed by atoms with Crippen LogP contribution in [0.1, 0.15) is 13.3 Å². The third-order valence-corrected chi connectivity index (χ3v) is 4.75. The number of halogens is 1. The van der Waals surface area contributed by atoms with Gasteiger partial charge < -0.3 is 5.32 Å².